The van der Waals surface area contributed by atoms with E-state index in [0.29, 0.717) is 0 Å². The van der Waals surface area contributed by atoms with Gasteiger partial charge in [-0.2, -0.15) is 0 Å². The molecule has 160 valence electrons. The molecule has 2 heterocycles. The molecule has 5 atom stereocenters. The molecule has 1 aromatic heterocycles. The molecule has 13 nitrogen and oxygen atoms in total. The maximum atomic E-state index is 12.0. The summed E-state index contributed by atoms with van der Waals surface area (Å²) in [6.45, 7) is 2.48. The third kappa shape index (κ3) is 9.79. The zero-order valence-corrected chi connectivity index (χ0v) is 25.6. The fourth-order valence-corrected chi connectivity index (χ4v) is 5.04. The Morgan fingerprint density at radius 1 is 1.16 bits per heavy atom. The quantitative estimate of drug-likeness (QED) is 0.231. The molecule has 0 bridgehead atoms. The fraction of sp³-hybridized carbons (Fsp3) is 0.692. The average Bonchev–Trinajstić information content (AvgIpc) is 2.79. The van der Waals surface area contributed by atoms with Gasteiger partial charge >= 0.3 is 94.4 Å². The summed E-state index contributed by atoms with van der Waals surface area (Å²) in [5.74, 6) is -2.04. The van der Waals surface area contributed by atoms with E-state index in [1.165, 1.54) is 0 Å². The van der Waals surface area contributed by atoms with E-state index >= 15 is 0 Å². The van der Waals surface area contributed by atoms with E-state index < -0.39 is 63.5 Å². The van der Waals surface area contributed by atoms with Gasteiger partial charge in [0, 0.05) is 17.7 Å². The van der Waals surface area contributed by atoms with Gasteiger partial charge in [-0.15, -0.1) is 0 Å². The summed E-state index contributed by atoms with van der Waals surface area (Å²) in [6, 6.07) is 0. The summed E-state index contributed by atoms with van der Waals surface area (Å²) >= 11 is 0. The molecular formula is C13H19N2Na3O11P2. The van der Waals surface area contributed by atoms with Crippen molar-refractivity contribution in [2.75, 3.05) is 12.5 Å². The number of nitrogens with zero attached hydrogens (tertiary/aromatic N) is 1. The molecule has 31 heavy (non-hydrogen) atoms. The second kappa shape index (κ2) is 13.8. The number of aliphatic hydroxyl groups excluding tert-OH is 2. The van der Waals surface area contributed by atoms with Gasteiger partial charge in [-0.3, -0.25) is 14.3 Å². The first-order chi connectivity index (χ1) is 12.7. The standard InChI is InChI=1S/C13H22N2O11P2.3Na/c1-6(2)7-3-15(13(19)14-11(7)18)12-10(17)9(16)8(26-12)4-25-28(23,24)5-27(20,21)22;;;/h3,6,8-10,12,16-17H,4-5H2,1-2H3,(H,23,24)(H,14,18,19)(H2,20,21,22);;;/q;3*+1/p-3/t8-,9-,10-,12-;;;/m1.../s1. The SMILES string of the molecule is CC(C)c1cn([C@@H]2O[C@H](COP(=O)([O-])CP(=O)([O-])[O-])[C@@H](O)[C@H]2O)c(=O)[nH]c1=O.[Na+].[Na+].[Na+]. The summed E-state index contributed by atoms with van der Waals surface area (Å²) < 4.78 is 32.6. The zero-order valence-electron chi connectivity index (χ0n) is 17.8. The minimum absolute atomic E-state index is 0. The van der Waals surface area contributed by atoms with Gasteiger partial charge < -0.3 is 43.3 Å². The summed E-state index contributed by atoms with van der Waals surface area (Å²) in [4.78, 5) is 58.6. The van der Waals surface area contributed by atoms with Crippen molar-refractivity contribution in [3.05, 3.63) is 32.6 Å². The van der Waals surface area contributed by atoms with Crippen LogP contribution in [0.3, 0.4) is 0 Å². The summed E-state index contributed by atoms with van der Waals surface area (Å²) in [7, 11) is -10.5. The molecule has 0 aromatic carbocycles. The van der Waals surface area contributed by atoms with E-state index in [1.807, 2.05) is 0 Å². The van der Waals surface area contributed by atoms with Crippen LogP contribution >= 0.6 is 15.2 Å². The maximum absolute atomic E-state index is 12.0. The predicted molar refractivity (Wildman–Crippen MR) is 87.4 cm³/mol. The number of ether oxygens (including phenoxy) is 1. The predicted octanol–water partition coefficient (Wildman–Crippen LogP) is -12.3. The number of aliphatic hydroxyl groups is 2. The van der Waals surface area contributed by atoms with Crippen LogP contribution in [0.2, 0.25) is 0 Å². The first-order valence-corrected chi connectivity index (χ1v) is 11.5. The van der Waals surface area contributed by atoms with Gasteiger partial charge in [0.2, 0.25) is 0 Å². The van der Waals surface area contributed by atoms with Crippen LogP contribution in [0.1, 0.15) is 31.6 Å². The summed E-state index contributed by atoms with van der Waals surface area (Å²) in [5.41, 5.74) is -1.35. The fourth-order valence-electron chi connectivity index (χ4n) is 2.64. The number of aromatic nitrogens is 2. The third-order valence-corrected chi connectivity index (χ3v) is 7.32. The van der Waals surface area contributed by atoms with Crippen molar-refractivity contribution in [1.82, 2.24) is 9.55 Å². The molecule has 0 saturated carbocycles. The first kappa shape index (κ1) is 35.0. The molecule has 2 rings (SSSR count). The number of H-pyrrole nitrogens is 1. The minimum Gasteiger partial charge on any atom is -0.810 e. The second-order valence-electron chi connectivity index (χ2n) is 6.61. The van der Waals surface area contributed by atoms with E-state index in [9.17, 15) is 43.6 Å². The Bertz CT molecular complexity index is 934. The van der Waals surface area contributed by atoms with Crippen molar-refractivity contribution < 1.29 is 132 Å². The molecule has 1 unspecified atom stereocenters. The van der Waals surface area contributed by atoms with Crippen LogP contribution < -0.4 is 115 Å². The monoisotopic (exact) mass is 510 g/mol. The van der Waals surface area contributed by atoms with Crippen molar-refractivity contribution in [1.29, 1.82) is 0 Å². The number of hydrogen-bond acceptors (Lipinski definition) is 11. The van der Waals surface area contributed by atoms with Crippen LogP contribution in [-0.4, -0.2) is 50.6 Å². The Kier molecular flexibility index (Phi) is 15.6. The minimum atomic E-state index is -5.39. The molecule has 0 amide bonds. The molecule has 0 aliphatic carbocycles. The van der Waals surface area contributed by atoms with Crippen LogP contribution in [0.4, 0.5) is 0 Å². The number of aromatic amines is 1. The molecule has 1 aliphatic heterocycles. The molecular weight excluding hydrogens is 491 g/mol. The van der Waals surface area contributed by atoms with Gasteiger partial charge in [-0.1, -0.05) is 21.4 Å². The van der Waals surface area contributed by atoms with Gasteiger partial charge in [0.15, 0.2) is 6.23 Å². The third-order valence-electron chi connectivity index (χ3n) is 4.01. The molecule has 1 fully saturated rings. The molecule has 3 N–H and O–H groups in total. The molecule has 1 saturated heterocycles. The van der Waals surface area contributed by atoms with Gasteiger partial charge in [0.05, 0.1) is 6.61 Å². The normalized spacial score (nSPS) is 25.2. The number of nitrogens with one attached hydrogen (secondary N) is 1. The largest absolute Gasteiger partial charge is 1.00 e. The van der Waals surface area contributed by atoms with E-state index in [2.05, 4.69) is 9.51 Å². The Hall–Kier alpha value is 1.86. The van der Waals surface area contributed by atoms with Crippen LogP contribution in [0.25, 0.3) is 0 Å². The van der Waals surface area contributed by atoms with Crippen LogP contribution in [0, 0.1) is 0 Å². The number of hydrogen-bond donors (Lipinski definition) is 3. The Morgan fingerprint density at radius 3 is 2.19 bits per heavy atom. The van der Waals surface area contributed by atoms with Gasteiger partial charge in [0.1, 0.15) is 25.9 Å². The van der Waals surface area contributed by atoms with Crippen molar-refractivity contribution in [2.24, 2.45) is 0 Å². The van der Waals surface area contributed by atoms with E-state index in [-0.39, 0.29) is 100 Å². The van der Waals surface area contributed by atoms with E-state index in [4.69, 9.17) is 4.74 Å². The van der Waals surface area contributed by atoms with E-state index in [0.717, 1.165) is 10.8 Å². The van der Waals surface area contributed by atoms with Crippen molar-refractivity contribution >= 4 is 15.2 Å². The van der Waals surface area contributed by atoms with Gasteiger partial charge in [0.25, 0.3) is 5.56 Å². The van der Waals surface area contributed by atoms with Crippen LogP contribution in [-0.2, 0) is 18.4 Å². The van der Waals surface area contributed by atoms with Crippen molar-refractivity contribution in [3.63, 3.8) is 0 Å². The van der Waals surface area contributed by atoms with Crippen molar-refractivity contribution in [2.45, 2.75) is 44.3 Å². The van der Waals surface area contributed by atoms with E-state index in [1.54, 1.807) is 13.8 Å². The Balaban J connectivity index is 0. The topological polar surface area (TPSA) is 217 Å². The molecule has 0 spiro atoms. The Morgan fingerprint density at radius 2 is 1.71 bits per heavy atom. The maximum Gasteiger partial charge on any atom is 1.00 e. The van der Waals surface area contributed by atoms with Crippen LogP contribution in [0.5, 0.6) is 0 Å². The average molecular weight is 510 g/mol. The smallest absolute Gasteiger partial charge is 0.810 e. The van der Waals surface area contributed by atoms with Gasteiger partial charge in [-0.05, 0) is 5.92 Å². The van der Waals surface area contributed by atoms with Crippen LogP contribution in [0.15, 0.2) is 15.8 Å². The molecule has 1 aliphatic rings. The van der Waals surface area contributed by atoms with Crippen molar-refractivity contribution in [3.8, 4) is 0 Å². The molecule has 1 aromatic rings. The van der Waals surface area contributed by atoms with Gasteiger partial charge in [-0.25, -0.2) is 4.79 Å². The summed E-state index contributed by atoms with van der Waals surface area (Å²) in [5, 5.41) is 20.2. The summed E-state index contributed by atoms with van der Waals surface area (Å²) in [6.07, 6.45) is -5.16. The molecule has 0 radical (unpaired) electrons. The number of rotatable bonds is 7. The zero-order chi connectivity index (χ0) is 21.4. The molecule has 18 heteroatoms. The second-order valence-corrected chi connectivity index (χ2v) is 10.4. The first-order valence-electron chi connectivity index (χ1n) is 8.04. The Labute approximate surface area is 243 Å².